The first-order valence-corrected chi connectivity index (χ1v) is 7.38. The van der Waals surface area contributed by atoms with E-state index in [0.29, 0.717) is 11.5 Å². The fraction of sp³-hybridized carbons (Fsp3) is 0.235. The van der Waals surface area contributed by atoms with Gasteiger partial charge >= 0.3 is 5.69 Å². The monoisotopic (exact) mass is 346 g/mol. The molecule has 2 aromatic rings. The topological polar surface area (TPSA) is 99.9 Å². The molecule has 1 unspecified atom stereocenters. The van der Waals surface area contributed by atoms with Gasteiger partial charge in [-0.1, -0.05) is 6.07 Å². The largest absolute Gasteiger partial charge is 0.497 e. The van der Waals surface area contributed by atoms with Gasteiger partial charge in [0.05, 0.1) is 19.1 Å². The Hall–Kier alpha value is -3.29. The Labute approximate surface area is 144 Å². The van der Waals surface area contributed by atoms with E-state index in [1.165, 1.54) is 32.4 Å². The van der Waals surface area contributed by atoms with Gasteiger partial charge < -0.3 is 19.5 Å². The van der Waals surface area contributed by atoms with Crippen LogP contribution in [0.2, 0.25) is 0 Å². The van der Waals surface area contributed by atoms with Crippen LogP contribution in [-0.4, -0.2) is 31.2 Å². The summed E-state index contributed by atoms with van der Waals surface area (Å²) in [5.41, 5.74) is 0.0419. The summed E-state index contributed by atoms with van der Waals surface area (Å²) < 4.78 is 15.6. The van der Waals surface area contributed by atoms with E-state index in [1.807, 2.05) is 0 Å². The number of hydrogen-bond acceptors (Lipinski definition) is 6. The van der Waals surface area contributed by atoms with Crippen LogP contribution in [-0.2, 0) is 4.79 Å². The molecule has 2 aromatic carbocycles. The zero-order valence-electron chi connectivity index (χ0n) is 14.0. The molecule has 0 bridgehead atoms. The van der Waals surface area contributed by atoms with Gasteiger partial charge in [0.2, 0.25) is 0 Å². The van der Waals surface area contributed by atoms with Crippen molar-refractivity contribution in [2.75, 3.05) is 19.5 Å². The van der Waals surface area contributed by atoms with Crippen molar-refractivity contribution in [2.45, 2.75) is 13.0 Å². The van der Waals surface area contributed by atoms with E-state index >= 15 is 0 Å². The van der Waals surface area contributed by atoms with Gasteiger partial charge in [0.1, 0.15) is 11.5 Å². The third-order valence-electron chi connectivity index (χ3n) is 3.37. The molecular weight excluding hydrogens is 328 g/mol. The molecule has 0 aromatic heterocycles. The maximum atomic E-state index is 12.2. The van der Waals surface area contributed by atoms with Crippen LogP contribution < -0.4 is 19.5 Å². The third-order valence-corrected chi connectivity index (χ3v) is 3.37. The summed E-state index contributed by atoms with van der Waals surface area (Å²) >= 11 is 0. The summed E-state index contributed by atoms with van der Waals surface area (Å²) in [4.78, 5) is 22.7. The molecule has 25 heavy (non-hydrogen) atoms. The molecule has 0 saturated heterocycles. The number of nitro benzene ring substituents is 1. The number of nitrogens with zero attached hydrogens (tertiary/aromatic N) is 1. The second-order valence-electron chi connectivity index (χ2n) is 5.07. The summed E-state index contributed by atoms with van der Waals surface area (Å²) in [6, 6.07) is 11.0. The second-order valence-corrected chi connectivity index (χ2v) is 5.07. The highest BCUT2D eigenvalue weighted by molar-refractivity contribution is 5.94. The molecule has 0 fully saturated rings. The van der Waals surface area contributed by atoms with E-state index in [1.54, 1.807) is 31.2 Å². The van der Waals surface area contributed by atoms with Gasteiger partial charge in [0.25, 0.3) is 5.91 Å². The number of benzene rings is 2. The summed E-state index contributed by atoms with van der Waals surface area (Å²) in [6.07, 6.45) is -0.812. The molecule has 8 nitrogen and oxygen atoms in total. The average molecular weight is 346 g/mol. The van der Waals surface area contributed by atoms with Gasteiger partial charge in [-0.3, -0.25) is 14.9 Å². The van der Waals surface area contributed by atoms with Crippen molar-refractivity contribution in [1.29, 1.82) is 0 Å². The molecule has 0 aliphatic rings. The van der Waals surface area contributed by atoms with Gasteiger partial charge in [-0.05, 0) is 31.2 Å². The van der Waals surface area contributed by atoms with Crippen molar-refractivity contribution in [3.8, 4) is 17.2 Å². The van der Waals surface area contributed by atoms with Crippen LogP contribution in [0, 0.1) is 10.1 Å². The lowest BCUT2D eigenvalue weighted by Crippen LogP contribution is -2.30. The predicted octanol–water partition coefficient (Wildman–Crippen LogP) is 3.02. The number of nitro groups is 1. The van der Waals surface area contributed by atoms with E-state index in [2.05, 4.69) is 5.32 Å². The fourth-order valence-electron chi connectivity index (χ4n) is 2.09. The number of hydrogen-bond donors (Lipinski definition) is 1. The van der Waals surface area contributed by atoms with Crippen molar-refractivity contribution >= 4 is 17.3 Å². The number of methoxy groups -OCH3 is 2. The Morgan fingerprint density at radius 2 is 1.84 bits per heavy atom. The molecule has 0 spiro atoms. The lowest BCUT2D eigenvalue weighted by atomic mass is 10.2. The molecule has 0 aliphatic heterocycles. The predicted molar refractivity (Wildman–Crippen MR) is 91.4 cm³/mol. The molecule has 0 saturated carbocycles. The lowest BCUT2D eigenvalue weighted by molar-refractivity contribution is -0.385. The smallest absolute Gasteiger partial charge is 0.312 e. The average Bonchev–Trinajstić information content (AvgIpc) is 2.61. The first-order valence-electron chi connectivity index (χ1n) is 7.38. The van der Waals surface area contributed by atoms with Crippen molar-refractivity contribution in [3.05, 3.63) is 52.6 Å². The molecule has 2 rings (SSSR count). The Morgan fingerprint density at radius 3 is 2.48 bits per heavy atom. The minimum atomic E-state index is -0.812. The first-order chi connectivity index (χ1) is 11.9. The van der Waals surface area contributed by atoms with Crippen LogP contribution in [0.25, 0.3) is 0 Å². The Kier molecular flexibility index (Phi) is 5.78. The van der Waals surface area contributed by atoms with Crippen LogP contribution in [0.4, 0.5) is 11.4 Å². The molecule has 0 radical (unpaired) electrons. The van der Waals surface area contributed by atoms with Crippen molar-refractivity contribution < 1.29 is 23.9 Å². The first kappa shape index (κ1) is 18.1. The quantitative estimate of drug-likeness (QED) is 0.611. The number of rotatable bonds is 7. The zero-order valence-corrected chi connectivity index (χ0v) is 14.0. The zero-order chi connectivity index (χ0) is 18.4. The van der Waals surface area contributed by atoms with Gasteiger partial charge in [0.15, 0.2) is 11.9 Å². The van der Waals surface area contributed by atoms with Crippen molar-refractivity contribution in [2.24, 2.45) is 0 Å². The number of amides is 1. The molecule has 132 valence electrons. The van der Waals surface area contributed by atoms with Crippen LogP contribution in [0.15, 0.2) is 42.5 Å². The SMILES string of the molecule is COc1cccc(OC(C)C(=O)Nc2ccc(OC)c([N+](=O)[O-])c2)c1. The highest BCUT2D eigenvalue weighted by Gasteiger charge is 2.19. The molecular formula is C17H18N2O6. The maximum Gasteiger partial charge on any atom is 0.312 e. The number of carbonyl (C=O) groups is 1. The number of anilines is 1. The van der Waals surface area contributed by atoms with Gasteiger partial charge in [0, 0.05) is 17.8 Å². The van der Waals surface area contributed by atoms with Gasteiger partial charge in [-0.2, -0.15) is 0 Å². The maximum absolute atomic E-state index is 12.2. The normalized spacial score (nSPS) is 11.3. The highest BCUT2D eigenvalue weighted by atomic mass is 16.6. The minimum Gasteiger partial charge on any atom is -0.497 e. The summed E-state index contributed by atoms with van der Waals surface area (Å²) in [6.45, 7) is 1.58. The van der Waals surface area contributed by atoms with Crippen LogP contribution in [0.1, 0.15) is 6.92 Å². The lowest BCUT2D eigenvalue weighted by Gasteiger charge is -2.15. The van der Waals surface area contributed by atoms with Crippen molar-refractivity contribution in [1.82, 2.24) is 0 Å². The highest BCUT2D eigenvalue weighted by Crippen LogP contribution is 2.29. The van der Waals surface area contributed by atoms with E-state index < -0.39 is 16.9 Å². The molecule has 1 amide bonds. The summed E-state index contributed by atoms with van der Waals surface area (Å²) in [7, 11) is 2.87. The summed E-state index contributed by atoms with van der Waals surface area (Å²) in [5, 5.41) is 13.6. The molecule has 1 atom stereocenters. The molecule has 8 heteroatoms. The van der Waals surface area contributed by atoms with E-state index in [4.69, 9.17) is 14.2 Å². The van der Waals surface area contributed by atoms with E-state index in [9.17, 15) is 14.9 Å². The standard InChI is InChI=1S/C17H18N2O6/c1-11(25-14-6-4-5-13(10-14)23-2)17(20)18-12-7-8-16(24-3)15(9-12)19(21)22/h4-11H,1-3H3,(H,18,20). The minimum absolute atomic E-state index is 0.115. The number of ether oxygens (including phenoxy) is 3. The summed E-state index contributed by atoms with van der Waals surface area (Å²) in [5.74, 6) is 0.754. The van der Waals surface area contributed by atoms with Gasteiger partial charge in [-0.25, -0.2) is 0 Å². The van der Waals surface area contributed by atoms with Crippen LogP contribution in [0.3, 0.4) is 0 Å². The number of nitrogens with one attached hydrogen (secondary N) is 1. The molecule has 0 aliphatic carbocycles. The van der Waals surface area contributed by atoms with Crippen LogP contribution >= 0.6 is 0 Å². The van der Waals surface area contributed by atoms with E-state index in [-0.39, 0.29) is 17.1 Å². The number of carbonyl (C=O) groups excluding carboxylic acids is 1. The van der Waals surface area contributed by atoms with Crippen LogP contribution in [0.5, 0.6) is 17.2 Å². The Morgan fingerprint density at radius 1 is 1.12 bits per heavy atom. The Balaban J connectivity index is 2.08. The Bertz CT molecular complexity index is 777. The third kappa shape index (κ3) is 4.60. The molecule has 1 N–H and O–H groups in total. The van der Waals surface area contributed by atoms with Crippen molar-refractivity contribution in [3.63, 3.8) is 0 Å². The molecule has 0 heterocycles. The second kappa shape index (κ2) is 8.00. The van der Waals surface area contributed by atoms with E-state index in [0.717, 1.165) is 0 Å². The fourth-order valence-corrected chi connectivity index (χ4v) is 2.09. The van der Waals surface area contributed by atoms with Gasteiger partial charge in [-0.15, -0.1) is 0 Å².